The molecule has 0 aliphatic rings. The normalized spacial score (nSPS) is 9.00. The van der Waals surface area contributed by atoms with Crippen LogP contribution in [0.25, 0.3) is 0 Å². The van der Waals surface area contributed by atoms with Crippen molar-refractivity contribution >= 4 is 18.6 Å². The molecule has 0 saturated carbocycles. The molecule has 0 fully saturated rings. The molecular weight excluding hydrogens is 170 g/mol. The molecule has 0 amide bonds. The molecule has 0 atom stereocenters. The van der Waals surface area contributed by atoms with E-state index >= 15 is 0 Å². The predicted molar refractivity (Wildman–Crippen MR) is 44.4 cm³/mol. The van der Waals surface area contributed by atoms with Crippen molar-refractivity contribution in [3.63, 3.8) is 0 Å². The summed E-state index contributed by atoms with van der Waals surface area (Å²) in [6.45, 7) is 1.14. The minimum Gasteiger partial charge on any atom is -0.450 e. The smallest absolute Gasteiger partial charge is 0.450 e. The van der Waals surface area contributed by atoms with Crippen LogP contribution in [0.2, 0.25) is 0 Å². The lowest BCUT2D eigenvalue weighted by atomic mass is 10.4. The molecule has 0 aliphatic heterocycles. The Bertz CT molecular complexity index is 108. The lowest BCUT2D eigenvalue weighted by Gasteiger charge is -2.07. The second-order valence-electron chi connectivity index (χ2n) is 2.27. The van der Waals surface area contributed by atoms with Gasteiger partial charge < -0.3 is 14.7 Å². The van der Waals surface area contributed by atoms with Gasteiger partial charge in [0.05, 0.1) is 6.61 Å². The summed E-state index contributed by atoms with van der Waals surface area (Å²) < 4.78 is 4.28. The average molecular weight is 184 g/mol. The van der Waals surface area contributed by atoms with Crippen LogP contribution in [0.4, 0.5) is 4.79 Å². The Balaban J connectivity index is 0. The maximum Gasteiger partial charge on any atom is 0.505 e. The van der Waals surface area contributed by atoms with E-state index in [4.69, 9.17) is 5.11 Å². The van der Waals surface area contributed by atoms with Gasteiger partial charge in [0.15, 0.2) is 0 Å². The van der Waals surface area contributed by atoms with Crippen LogP contribution in [0, 0.1) is 0 Å². The lowest BCUT2D eigenvalue weighted by molar-refractivity contribution is 0.0887. The van der Waals surface area contributed by atoms with E-state index in [-0.39, 0.29) is 19.0 Å². The summed E-state index contributed by atoms with van der Waals surface area (Å²) in [4.78, 5) is 11.8. The van der Waals surface area contributed by atoms with Crippen LogP contribution in [0.1, 0.15) is 6.42 Å². The van der Waals surface area contributed by atoms with E-state index in [0.29, 0.717) is 0 Å². The van der Waals surface area contributed by atoms with Crippen LogP contribution in [-0.2, 0) is 4.74 Å². The maximum absolute atomic E-state index is 9.81. The van der Waals surface area contributed by atoms with Crippen LogP contribution < -0.4 is 0 Å². The molecule has 11 heavy (non-hydrogen) atoms. The fourth-order valence-corrected chi connectivity index (χ4v) is 0.540. The van der Waals surface area contributed by atoms with Gasteiger partial charge in [-0.2, -0.15) is 0 Å². The zero-order valence-corrected chi connectivity index (χ0v) is 7.56. The second kappa shape index (κ2) is 7.63. The number of ether oxygens (including phenoxy) is 1. The number of halogens is 1. The summed E-state index contributed by atoms with van der Waals surface area (Å²) in [6.07, 6.45) is -0.446. The fourth-order valence-electron chi connectivity index (χ4n) is 0.540. The molecule has 0 saturated heterocycles. The highest BCUT2D eigenvalue weighted by molar-refractivity contribution is 5.85. The van der Waals surface area contributed by atoms with E-state index < -0.39 is 6.16 Å². The second-order valence-corrected chi connectivity index (χ2v) is 2.27. The quantitative estimate of drug-likeness (QED) is 0.523. The Labute approximate surface area is 72.5 Å². The molecule has 0 heterocycles. The molecular formula is C6H14ClNO3. The first kappa shape index (κ1) is 13.1. The number of hydrogen-bond acceptors (Lipinski definition) is 3. The molecule has 0 unspecified atom stereocenters. The molecule has 0 aromatic heterocycles. The predicted octanol–water partition coefficient (Wildman–Crippen LogP) is 1.05. The van der Waals surface area contributed by atoms with Gasteiger partial charge in [-0.05, 0) is 20.5 Å². The topological polar surface area (TPSA) is 49.8 Å². The summed E-state index contributed by atoms with van der Waals surface area (Å²) in [5.41, 5.74) is 0. The van der Waals surface area contributed by atoms with Crippen LogP contribution in [0.5, 0.6) is 0 Å². The third-order valence-corrected chi connectivity index (χ3v) is 0.975. The van der Waals surface area contributed by atoms with E-state index in [1.807, 2.05) is 19.0 Å². The van der Waals surface area contributed by atoms with Gasteiger partial charge >= 0.3 is 6.16 Å². The third-order valence-electron chi connectivity index (χ3n) is 0.975. The van der Waals surface area contributed by atoms with Crippen molar-refractivity contribution in [1.82, 2.24) is 4.90 Å². The van der Waals surface area contributed by atoms with Crippen molar-refractivity contribution in [3.05, 3.63) is 0 Å². The van der Waals surface area contributed by atoms with E-state index in [9.17, 15) is 4.79 Å². The highest BCUT2D eigenvalue weighted by atomic mass is 35.5. The zero-order chi connectivity index (χ0) is 7.98. The maximum atomic E-state index is 9.81. The highest BCUT2D eigenvalue weighted by Crippen LogP contribution is 1.85. The molecule has 0 bridgehead atoms. The van der Waals surface area contributed by atoms with Crippen LogP contribution >= 0.6 is 12.4 Å². The number of rotatable bonds is 4. The molecule has 0 spiro atoms. The molecule has 0 aromatic carbocycles. The van der Waals surface area contributed by atoms with Gasteiger partial charge in [0.2, 0.25) is 0 Å². The summed E-state index contributed by atoms with van der Waals surface area (Å²) in [5, 5.41) is 8.04. The molecule has 0 radical (unpaired) electrons. The van der Waals surface area contributed by atoms with Gasteiger partial charge in [-0.3, -0.25) is 0 Å². The number of nitrogens with zero attached hydrogens (tertiary/aromatic N) is 1. The highest BCUT2D eigenvalue weighted by Gasteiger charge is 1.95. The molecule has 4 nitrogen and oxygen atoms in total. The van der Waals surface area contributed by atoms with E-state index in [1.165, 1.54) is 0 Å². The first-order valence-electron chi connectivity index (χ1n) is 3.13. The van der Waals surface area contributed by atoms with Crippen molar-refractivity contribution in [2.75, 3.05) is 27.2 Å². The standard InChI is InChI=1S/C6H13NO3.ClH/c1-7(2)4-3-5-10-6(8)9;/h3-5H2,1-2H3,(H,8,9);1H. The molecule has 0 aliphatic carbocycles. The van der Waals surface area contributed by atoms with Gasteiger partial charge in [0.25, 0.3) is 0 Å². The Kier molecular flexibility index (Phi) is 9.10. The average Bonchev–Trinajstić information content (AvgIpc) is 1.79. The fraction of sp³-hybridized carbons (Fsp3) is 0.833. The molecule has 1 N–H and O–H groups in total. The van der Waals surface area contributed by atoms with Gasteiger partial charge in [-0.1, -0.05) is 0 Å². The molecule has 0 rings (SSSR count). The van der Waals surface area contributed by atoms with Crippen LogP contribution in [0.15, 0.2) is 0 Å². The van der Waals surface area contributed by atoms with Gasteiger partial charge in [0, 0.05) is 6.54 Å². The SMILES string of the molecule is CN(C)CCCOC(=O)O.Cl. The Hall–Kier alpha value is -0.480. The van der Waals surface area contributed by atoms with Crippen molar-refractivity contribution in [2.45, 2.75) is 6.42 Å². The number of carboxylic acid groups (broad SMARTS) is 1. The van der Waals surface area contributed by atoms with Gasteiger partial charge in [-0.25, -0.2) is 4.79 Å². The Morgan fingerprint density at radius 3 is 2.45 bits per heavy atom. The van der Waals surface area contributed by atoms with Crippen molar-refractivity contribution < 1.29 is 14.6 Å². The van der Waals surface area contributed by atoms with Gasteiger partial charge in [0.1, 0.15) is 0 Å². The lowest BCUT2D eigenvalue weighted by Crippen LogP contribution is -2.15. The van der Waals surface area contributed by atoms with Crippen LogP contribution in [0.3, 0.4) is 0 Å². The van der Waals surface area contributed by atoms with E-state index in [1.54, 1.807) is 0 Å². The Morgan fingerprint density at radius 2 is 2.09 bits per heavy atom. The Morgan fingerprint density at radius 1 is 1.55 bits per heavy atom. The summed E-state index contributed by atoms with van der Waals surface area (Å²) in [7, 11) is 3.86. The van der Waals surface area contributed by atoms with Crippen molar-refractivity contribution in [3.8, 4) is 0 Å². The van der Waals surface area contributed by atoms with Gasteiger partial charge in [-0.15, -0.1) is 12.4 Å². The molecule has 5 heteroatoms. The van der Waals surface area contributed by atoms with Crippen molar-refractivity contribution in [1.29, 1.82) is 0 Å². The number of carbonyl (C=O) groups is 1. The molecule has 0 aromatic rings. The first-order valence-corrected chi connectivity index (χ1v) is 3.13. The van der Waals surface area contributed by atoms with Crippen molar-refractivity contribution in [2.24, 2.45) is 0 Å². The third kappa shape index (κ3) is 12.7. The molecule has 68 valence electrons. The minimum absolute atomic E-state index is 0. The van der Waals surface area contributed by atoms with E-state index in [0.717, 1.165) is 13.0 Å². The largest absolute Gasteiger partial charge is 0.505 e. The summed E-state index contributed by atoms with van der Waals surface area (Å²) >= 11 is 0. The monoisotopic (exact) mass is 183 g/mol. The summed E-state index contributed by atoms with van der Waals surface area (Å²) in [5.74, 6) is 0. The minimum atomic E-state index is -1.20. The first-order chi connectivity index (χ1) is 4.63. The van der Waals surface area contributed by atoms with E-state index in [2.05, 4.69) is 4.74 Å². The zero-order valence-electron chi connectivity index (χ0n) is 6.74. The van der Waals surface area contributed by atoms with Crippen LogP contribution in [-0.4, -0.2) is 43.4 Å². The summed E-state index contributed by atoms with van der Waals surface area (Å²) in [6, 6.07) is 0. The number of hydrogen-bond donors (Lipinski definition) is 1.